The summed E-state index contributed by atoms with van der Waals surface area (Å²) in [5, 5.41) is 0. The van der Waals surface area contributed by atoms with E-state index in [4.69, 9.17) is 0 Å². The standard InChI is InChI=1S/C17H18.CH3.30Y/c1-10-5-7-14-15-8-6-11(2)13(4)17(15)9-16(14)12(10)3;;;;;;;;;;;;;;;;;;;;;;;;;;;;;;;/h5-8H,9H2,1-4H3;1H3;;;;;;;;;;;;;;;;;;;;;;;;;;;;;;/q;-1;;;;;;;;;;;;;;;;;;;;;;;;;;;;;;. The largest absolute Gasteiger partial charge is 0.358 e. The Labute approximate surface area is 1050 Å². The summed E-state index contributed by atoms with van der Waals surface area (Å²) in [4.78, 5) is 0. The number of fused-ring (bicyclic) bond motifs is 3. The molecule has 0 N–H and O–H groups in total. The van der Waals surface area contributed by atoms with Crippen LogP contribution >= 0.6 is 0 Å². The van der Waals surface area contributed by atoms with Gasteiger partial charge in [0.15, 0.2) is 0 Å². The van der Waals surface area contributed by atoms with Gasteiger partial charge in [-0.05, 0) is 78.6 Å². The van der Waals surface area contributed by atoms with Crippen molar-refractivity contribution in [2.45, 2.75) is 34.1 Å². The number of aryl methyl sites for hydroxylation is 2. The van der Waals surface area contributed by atoms with Crippen molar-refractivity contribution in [2.75, 3.05) is 0 Å². The summed E-state index contributed by atoms with van der Waals surface area (Å²) in [5.41, 5.74) is 11.7. The average Bonchev–Trinajstić information content (AvgIpc) is 2.69. The Morgan fingerprint density at radius 3 is 0.562 bits per heavy atom. The molecule has 0 aromatic heterocycles. The van der Waals surface area contributed by atoms with Crippen LogP contribution in [0.2, 0.25) is 0 Å². The van der Waals surface area contributed by atoms with Crippen LogP contribution in [-0.4, -0.2) is 0 Å². The summed E-state index contributed by atoms with van der Waals surface area (Å²) < 4.78 is 0. The van der Waals surface area contributed by atoms with Crippen molar-refractivity contribution < 1.29 is 981 Å². The fourth-order valence-electron chi connectivity index (χ4n) is 2.88. The Morgan fingerprint density at radius 1 is 0.271 bits per heavy atom. The molecule has 0 nitrogen and oxygen atoms in total. The van der Waals surface area contributed by atoms with Crippen molar-refractivity contribution >= 4 is 0 Å². The predicted molar refractivity (Wildman–Crippen MR) is 80.0 cm³/mol. The minimum absolute atomic E-state index is 0. The molecule has 0 fully saturated rings. The molecule has 0 heterocycles. The van der Waals surface area contributed by atoms with E-state index < -0.39 is 0 Å². The molecule has 1 aliphatic rings. The fraction of sp³-hybridized carbons (Fsp3) is 0.278. The first-order chi connectivity index (χ1) is 8.09. The van der Waals surface area contributed by atoms with Crippen molar-refractivity contribution in [3.8, 4) is 11.1 Å². The van der Waals surface area contributed by atoms with Crippen LogP contribution in [0.25, 0.3) is 11.1 Å². The van der Waals surface area contributed by atoms with Gasteiger partial charge in [-0.15, -0.1) is 0 Å². The molecule has 184 valence electrons. The maximum atomic E-state index is 2.29. The molecule has 0 aliphatic heterocycles. The van der Waals surface area contributed by atoms with Crippen LogP contribution in [0.1, 0.15) is 33.4 Å². The van der Waals surface area contributed by atoms with Gasteiger partial charge in [-0.2, -0.15) is 0 Å². The van der Waals surface area contributed by atoms with Crippen molar-refractivity contribution in [3.63, 3.8) is 0 Å². The zero-order valence-electron chi connectivity index (χ0n) is 29.3. The van der Waals surface area contributed by atoms with E-state index >= 15 is 0 Å². The Morgan fingerprint density at radius 2 is 0.417 bits per heavy atom. The van der Waals surface area contributed by atoms with Gasteiger partial charge in [-0.25, -0.2) is 0 Å². The van der Waals surface area contributed by atoms with E-state index in [1.807, 2.05) is 0 Å². The van der Waals surface area contributed by atoms with Gasteiger partial charge in [0.05, 0.1) is 0 Å². The van der Waals surface area contributed by atoms with Gasteiger partial charge in [-0.1, -0.05) is 24.3 Å². The summed E-state index contributed by atoms with van der Waals surface area (Å²) in [6, 6.07) is 9.08. The molecule has 30 radical (unpaired) electrons. The summed E-state index contributed by atoms with van der Waals surface area (Å²) in [6.07, 6.45) is 1.12. The third-order valence-electron chi connectivity index (χ3n) is 4.38. The Bertz CT molecular complexity index is 609. The first-order valence-electron chi connectivity index (χ1n) is 6.28. The van der Waals surface area contributed by atoms with Crippen molar-refractivity contribution in [2.24, 2.45) is 0 Å². The fourth-order valence-corrected chi connectivity index (χ4v) is 2.88. The number of benzene rings is 2. The van der Waals surface area contributed by atoms with Crippen molar-refractivity contribution in [1.82, 2.24) is 0 Å². The van der Waals surface area contributed by atoms with E-state index in [0.717, 1.165) is 6.42 Å². The smallest absolute Gasteiger partial charge is 0 e. The summed E-state index contributed by atoms with van der Waals surface area (Å²) in [5.74, 6) is 0. The topological polar surface area (TPSA) is 0 Å². The quantitative estimate of drug-likeness (QED) is 0.283. The molecule has 0 saturated carbocycles. The number of hydrogen-bond acceptors (Lipinski definition) is 0. The summed E-state index contributed by atoms with van der Waals surface area (Å²) in [7, 11) is 0. The Kier molecular flexibility index (Phi) is 516. The molecular formula is C18H21Y30-. The maximum Gasteiger partial charge on any atom is 0 e. The minimum atomic E-state index is 0. The molecule has 2 aromatic rings. The second-order valence-corrected chi connectivity index (χ2v) is 5.24. The van der Waals surface area contributed by atoms with Crippen LogP contribution in [0.5, 0.6) is 0 Å². The molecular weight excluding hydrogens is 2880 g/mol. The molecule has 3 rings (SSSR count). The second kappa shape index (κ2) is 129. The number of rotatable bonds is 0. The van der Waals surface area contributed by atoms with Gasteiger partial charge in [-0.3, -0.25) is 0 Å². The third kappa shape index (κ3) is 84.0. The van der Waals surface area contributed by atoms with Gasteiger partial charge in [0.1, 0.15) is 0 Å². The van der Waals surface area contributed by atoms with Gasteiger partial charge in [0.25, 0.3) is 0 Å². The summed E-state index contributed by atoms with van der Waals surface area (Å²) in [6.45, 7) is 8.91. The van der Waals surface area contributed by atoms with E-state index in [-0.39, 0.29) is 989 Å². The molecule has 0 spiro atoms. The molecule has 0 bridgehead atoms. The van der Waals surface area contributed by atoms with Crippen LogP contribution in [0.3, 0.4) is 0 Å². The van der Waals surface area contributed by atoms with Crippen LogP contribution in [-0.2, 0) is 988 Å². The van der Waals surface area contributed by atoms with Crippen molar-refractivity contribution in [1.29, 1.82) is 0 Å². The van der Waals surface area contributed by atoms with Gasteiger partial charge >= 0.3 is 0 Å². The van der Waals surface area contributed by atoms with Crippen LogP contribution in [0.4, 0.5) is 0 Å². The molecule has 0 unspecified atom stereocenters. The second-order valence-electron chi connectivity index (χ2n) is 5.24. The Hall–Kier alpha value is 31.6. The first-order valence-corrected chi connectivity index (χ1v) is 6.28. The predicted octanol–water partition coefficient (Wildman–Crippen LogP) is 4.87. The maximum absolute atomic E-state index is 2.29. The van der Waals surface area contributed by atoms with E-state index in [1.165, 1.54) is 44.5 Å². The van der Waals surface area contributed by atoms with Gasteiger partial charge in [0, 0.05) is 981 Å². The minimum Gasteiger partial charge on any atom is -0.358 e. The molecule has 48 heavy (non-hydrogen) atoms. The average molecular weight is 2900 g/mol. The molecule has 0 saturated heterocycles. The van der Waals surface area contributed by atoms with Crippen LogP contribution in [0, 0.1) is 35.1 Å². The Balaban J connectivity index is -0.00000000431. The molecule has 0 atom stereocenters. The van der Waals surface area contributed by atoms with E-state index in [1.54, 1.807) is 0 Å². The van der Waals surface area contributed by atoms with Crippen LogP contribution in [0.15, 0.2) is 24.3 Å². The third-order valence-corrected chi connectivity index (χ3v) is 4.38. The first kappa shape index (κ1) is 192. The van der Waals surface area contributed by atoms with E-state index in [0.29, 0.717) is 0 Å². The monoisotopic (exact) mass is 2900 g/mol. The van der Waals surface area contributed by atoms with E-state index in [9.17, 15) is 0 Å². The molecule has 0 amide bonds. The molecule has 2 aromatic carbocycles. The summed E-state index contributed by atoms with van der Waals surface area (Å²) >= 11 is 0. The molecule has 30 heteroatoms. The van der Waals surface area contributed by atoms with E-state index in [2.05, 4.69) is 52.0 Å². The molecule has 1 aliphatic carbocycles. The van der Waals surface area contributed by atoms with Gasteiger partial charge in [0.2, 0.25) is 0 Å². The SMILES string of the molecule is Cc1ccc2c(c1C)Cc1c-2ccc(C)c1C.[CH3-].[Y].[Y].[Y].[Y].[Y].[Y].[Y].[Y].[Y].[Y].[Y].[Y].[Y].[Y].[Y].[Y].[Y].[Y].[Y].[Y].[Y].[Y].[Y].[Y].[Y].[Y].[Y].[Y].[Y].[Y]. The van der Waals surface area contributed by atoms with Crippen molar-refractivity contribution in [3.05, 3.63) is 65.1 Å². The van der Waals surface area contributed by atoms with Crippen LogP contribution < -0.4 is 0 Å². The number of hydrogen-bond donors (Lipinski definition) is 0. The zero-order chi connectivity index (χ0) is 12.2. The van der Waals surface area contributed by atoms with Gasteiger partial charge < -0.3 is 7.43 Å². The zero-order valence-corrected chi connectivity index (χ0v) is 114. The normalized spacial score (nSPS) is 4.42.